The van der Waals surface area contributed by atoms with Crippen LogP contribution >= 0.6 is 15.9 Å². The number of hydrogen-bond donors (Lipinski definition) is 0. The highest BCUT2D eigenvalue weighted by Gasteiger charge is 2.03. The van der Waals surface area contributed by atoms with Crippen molar-refractivity contribution in [2.75, 3.05) is 30.4 Å². The molecule has 78 valence electrons. The van der Waals surface area contributed by atoms with E-state index in [0.717, 1.165) is 17.7 Å². The fourth-order valence-corrected chi connectivity index (χ4v) is 1.51. The number of nitrogens with zero attached hydrogens (tertiary/aromatic N) is 3. The van der Waals surface area contributed by atoms with Crippen molar-refractivity contribution in [1.29, 1.82) is 0 Å². The third-order valence-electron chi connectivity index (χ3n) is 1.70. The third kappa shape index (κ3) is 3.14. The second-order valence-electron chi connectivity index (χ2n) is 2.76. The topological polar surface area (TPSA) is 38.2 Å². The zero-order valence-electron chi connectivity index (χ0n) is 8.40. The summed E-state index contributed by atoms with van der Waals surface area (Å²) in [5.41, 5.74) is 0. The lowest BCUT2D eigenvalue weighted by Gasteiger charge is -2.16. The van der Waals surface area contributed by atoms with Crippen molar-refractivity contribution >= 4 is 21.7 Å². The van der Waals surface area contributed by atoms with Gasteiger partial charge in [0.05, 0.1) is 19.0 Å². The molecule has 0 spiro atoms. The van der Waals surface area contributed by atoms with Crippen molar-refractivity contribution in [3.05, 3.63) is 12.4 Å². The Kier molecular flexibility index (Phi) is 4.65. The predicted molar refractivity (Wildman–Crippen MR) is 60.3 cm³/mol. The molecule has 0 unspecified atom stereocenters. The molecule has 14 heavy (non-hydrogen) atoms. The zero-order valence-corrected chi connectivity index (χ0v) is 9.99. The maximum atomic E-state index is 5.26. The molecule has 1 rings (SSSR count). The van der Waals surface area contributed by atoms with E-state index in [4.69, 9.17) is 4.74 Å². The van der Waals surface area contributed by atoms with Crippen LogP contribution in [0.15, 0.2) is 12.4 Å². The number of halogens is 1. The molecule has 0 aliphatic carbocycles. The van der Waals surface area contributed by atoms with Crippen LogP contribution in [0.25, 0.3) is 0 Å². The summed E-state index contributed by atoms with van der Waals surface area (Å²) in [6.07, 6.45) is 3.35. The van der Waals surface area contributed by atoms with Gasteiger partial charge < -0.3 is 9.64 Å². The van der Waals surface area contributed by atoms with Crippen molar-refractivity contribution in [2.24, 2.45) is 0 Å². The van der Waals surface area contributed by atoms with Gasteiger partial charge in [-0.15, -0.1) is 0 Å². The molecule has 0 saturated heterocycles. The molecule has 1 aromatic heterocycles. The minimum atomic E-state index is 0.575. The number of aromatic nitrogens is 2. The number of anilines is 1. The second-order valence-corrected chi connectivity index (χ2v) is 3.55. The van der Waals surface area contributed by atoms with E-state index < -0.39 is 0 Å². The number of hydrogen-bond acceptors (Lipinski definition) is 4. The Bertz CT molecular complexity index is 283. The van der Waals surface area contributed by atoms with Gasteiger partial charge in [-0.25, -0.2) is 0 Å². The molecular formula is C9H14BrN3O. The van der Waals surface area contributed by atoms with Crippen LogP contribution in [0.3, 0.4) is 0 Å². The third-order valence-corrected chi connectivity index (χ3v) is 2.06. The van der Waals surface area contributed by atoms with Crippen LogP contribution in [0, 0.1) is 0 Å². The van der Waals surface area contributed by atoms with Crippen molar-refractivity contribution < 1.29 is 4.74 Å². The van der Waals surface area contributed by atoms with E-state index in [9.17, 15) is 0 Å². The molecule has 0 N–H and O–H groups in total. The molecule has 0 aromatic carbocycles. The molecule has 5 heteroatoms. The summed E-state index contributed by atoms with van der Waals surface area (Å²) >= 11 is 3.38. The monoisotopic (exact) mass is 259 g/mol. The van der Waals surface area contributed by atoms with Crippen LogP contribution < -0.4 is 9.64 Å². The summed E-state index contributed by atoms with van der Waals surface area (Å²) in [5.74, 6) is 1.40. The molecule has 1 aromatic rings. The van der Waals surface area contributed by atoms with Crippen LogP contribution in [0.5, 0.6) is 5.88 Å². The lowest BCUT2D eigenvalue weighted by molar-refractivity contribution is 0.325. The maximum absolute atomic E-state index is 5.26. The second kappa shape index (κ2) is 5.80. The van der Waals surface area contributed by atoms with Gasteiger partial charge in [0.25, 0.3) is 0 Å². The van der Waals surface area contributed by atoms with Gasteiger partial charge >= 0.3 is 0 Å². The SMILES string of the molecule is CCOc1cncc(N(C)CCBr)n1. The first kappa shape index (κ1) is 11.2. The van der Waals surface area contributed by atoms with Crippen molar-refractivity contribution in [3.8, 4) is 5.88 Å². The Labute approximate surface area is 92.4 Å². The van der Waals surface area contributed by atoms with Gasteiger partial charge in [-0.2, -0.15) is 4.98 Å². The summed E-state index contributed by atoms with van der Waals surface area (Å²) in [7, 11) is 1.97. The van der Waals surface area contributed by atoms with Crippen LogP contribution in [0.1, 0.15) is 6.92 Å². The highest BCUT2D eigenvalue weighted by atomic mass is 79.9. The van der Waals surface area contributed by atoms with E-state index in [-0.39, 0.29) is 0 Å². The van der Waals surface area contributed by atoms with Gasteiger partial charge in [-0.1, -0.05) is 15.9 Å². The highest BCUT2D eigenvalue weighted by Crippen LogP contribution is 2.12. The number of ether oxygens (including phenoxy) is 1. The minimum Gasteiger partial charge on any atom is -0.477 e. The molecule has 0 saturated carbocycles. The standard InChI is InChI=1S/C9H14BrN3O/c1-3-14-9-7-11-6-8(12-9)13(2)5-4-10/h6-7H,3-5H2,1-2H3. The van der Waals surface area contributed by atoms with Gasteiger partial charge in [0, 0.05) is 18.9 Å². The summed E-state index contributed by atoms with van der Waals surface area (Å²) in [6, 6.07) is 0. The molecule has 1 heterocycles. The Morgan fingerprint density at radius 2 is 2.29 bits per heavy atom. The smallest absolute Gasteiger partial charge is 0.234 e. The first-order valence-electron chi connectivity index (χ1n) is 4.50. The number of rotatable bonds is 5. The summed E-state index contributed by atoms with van der Waals surface area (Å²) in [4.78, 5) is 10.4. The molecule has 0 radical (unpaired) electrons. The van der Waals surface area contributed by atoms with E-state index >= 15 is 0 Å². The van der Waals surface area contributed by atoms with Crippen molar-refractivity contribution in [2.45, 2.75) is 6.92 Å². The molecular weight excluding hydrogens is 246 g/mol. The summed E-state index contributed by atoms with van der Waals surface area (Å²) in [6.45, 7) is 3.43. The lowest BCUT2D eigenvalue weighted by Crippen LogP contribution is -2.20. The fraction of sp³-hybridized carbons (Fsp3) is 0.556. The molecule has 4 nitrogen and oxygen atoms in total. The zero-order chi connectivity index (χ0) is 10.4. The Morgan fingerprint density at radius 1 is 1.50 bits per heavy atom. The first-order valence-corrected chi connectivity index (χ1v) is 5.62. The molecule has 0 amide bonds. The van der Waals surface area contributed by atoms with Crippen molar-refractivity contribution in [3.63, 3.8) is 0 Å². The maximum Gasteiger partial charge on any atom is 0.234 e. The van der Waals surface area contributed by atoms with Crippen LogP contribution in [-0.4, -0.2) is 35.5 Å². The van der Waals surface area contributed by atoms with Crippen LogP contribution in [-0.2, 0) is 0 Å². The van der Waals surface area contributed by atoms with E-state index in [2.05, 4.69) is 25.9 Å². The summed E-state index contributed by atoms with van der Waals surface area (Å²) < 4.78 is 5.26. The quantitative estimate of drug-likeness (QED) is 0.755. The Morgan fingerprint density at radius 3 is 2.93 bits per heavy atom. The first-order chi connectivity index (χ1) is 6.77. The fourth-order valence-electron chi connectivity index (χ4n) is 0.981. The highest BCUT2D eigenvalue weighted by molar-refractivity contribution is 9.09. The normalized spacial score (nSPS) is 9.93. The summed E-state index contributed by atoms with van der Waals surface area (Å²) in [5, 5.41) is 0.907. The van der Waals surface area contributed by atoms with E-state index in [1.165, 1.54) is 0 Å². The molecule has 0 fully saturated rings. The van der Waals surface area contributed by atoms with Crippen molar-refractivity contribution in [1.82, 2.24) is 9.97 Å². The molecule has 0 aliphatic rings. The largest absolute Gasteiger partial charge is 0.477 e. The van der Waals surface area contributed by atoms with E-state index in [1.54, 1.807) is 12.4 Å². The van der Waals surface area contributed by atoms with Crippen LogP contribution in [0.2, 0.25) is 0 Å². The van der Waals surface area contributed by atoms with Gasteiger partial charge in [0.15, 0.2) is 5.82 Å². The lowest BCUT2D eigenvalue weighted by atomic mass is 10.5. The Hall–Kier alpha value is -0.840. The van der Waals surface area contributed by atoms with E-state index in [0.29, 0.717) is 12.5 Å². The van der Waals surface area contributed by atoms with Gasteiger partial charge in [0.1, 0.15) is 0 Å². The average molecular weight is 260 g/mol. The molecule has 0 bridgehead atoms. The average Bonchev–Trinajstić information content (AvgIpc) is 2.19. The Balaban J connectivity index is 2.71. The minimum absolute atomic E-state index is 0.575. The van der Waals surface area contributed by atoms with Gasteiger partial charge in [-0.05, 0) is 6.92 Å². The van der Waals surface area contributed by atoms with E-state index in [1.807, 2.05) is 18.9 Å². The molecule has 0 atom stereocenters. The molecule has 0 aliphatic heterocycles. The number of alkyl halides is 1. The predicted octanol–water partition coefficient (Wildman–Crippen LogP) is 1.71. The van der Waals surface area contributed by atoms with Gasteiger partial charge in [-0.3, -0.25) is 4.98 Å². The van der Waals surface area contributed by atoms with Crippen LogP contribution in [0.4, 0.5) is 5.82 Å². The van der Waals surface area contributed by atoms with Gasteiger partial charge in [0.2, 0.25) is 5.88 Å².